The molecule has 3 aromatic rings. The number of hydrogen-bond donors (Lipinski definition) is 2. The van der Waals surface area contributed by atoms with E-state index in [9.17, 15) is 0 Å². The second kappa shape index (κ2) is 9.31. The number of fused-ring (bicyclic) bond motifs is 1. The van der Waals surface area contributed by atoms with Gasteiger partial charge in [0.2, 0.25) is 5.95 Å². The van der Waals surface area contributed by atoms with Crippen LogP contribution in [0.1, 0.15) is 61.5 Å². The Morgan fingerprint density at radius 2 is 1.94 bits per heavy atom. The summed E-state index contributed by atoms with van der Waals surface area (Å²) >= 11 is 0. The number of pyridine rings is 1. The maximum atomic E-state index is 5.77. The molecule has 2 fully saturated rings. The van der Waals surface area contributed by atoms with E-state index in [1.807, 2.05) is 24.7 Å². The molecule has 0 bridgehead atoms. The van der Waals surface area contributed by atoms with Crippen LogP contribution >= 0.6 is 0 Å². The lowest BCUT2D eigenvalue weighted by atomic mass is 9.97. The van der Waals surface area contributed by atoms with Crippen LogP contribution < -0.4 is 15.5 Å². The Morgan fingerprint density at radius 3 is 2.68 bits per heavy atom. The molecule has 5 heterocycles. The number of oxazole rings is 1. The van der Waals surface area contributed by atoms with E-state index < -0.39 is 0 Å². The highest BCUT2D eigenvalue weighted by molar-refractivity contribution is 5.61. The first-order valence-corrected chi connectivity index (χ1v) is 12.4. The maximum absolute atomic E-state index is 5.77. The standard InChI is InChI=1S/C25H32N8O/c1-17-20-13-29-25(30-22-7-6-18(12-28-22)15-32-10-8-26-9-11-32)31-24(20)33(19-4-2-3-5-19)23(17)21-14-27-16-34-21/h6-7,12-14,16-17,19,23,26H,2-5,8-11,15H2,1H3,(H,28,29,30,31). The number of nitrogens with zero attached hydrogens (tertiary/aromatic N) is 6. The maximum Gasteiger partial charge on any atom is 0.230 e. The van der Waals surface area contributed by atoms with Crippen molar-refractivity contribution in [2.24, 2.45) is 0 Å². The van der Waals surface area contributed by atoms with Gasteiger partial charge in [0.1, 0.15) is 17.4 Å². The fourth-order valence-corrected chi connectivity index (χ4v) is 5.68. The number of anilines is 3. The van der Waals surface area contributed by atoms with Gasteiger partial charge in [0, 0.05) is 62.6 Å². The van der Waals surface area contributed by atoms with Crippen molar-refractivity contribution in [2.75, 3.05) is 36.4 Å². The Balaban J connectivity index is 1.22. The molecule has 178 valence electrons. The first-order valence-electron chi connectivity index (χ1n) is 12.4. The van der Waals surface area contributed by atoms with Crippen LogP contribution in [0.2, 0.25) is 0 Å². The third-order valence-corrected chi connectivity index (χ3v) is 7.45. The van der Waals surface area contributed by atoms with E-state index in [4.69, 9.17) is 9.40 Å². The van der Waals surface area contributed by atoms with Gasteiger partial charge in [-0.1, -0.05) is 25.8 Å². The zero-order valence-corrected chi connectivity index (χ0v) is 19.7. The predicted octanol–water partition coefficient (Wildman–Crippen LogP) is 3.62. The highest BCUT2D eigenvalue weighted by Gasteiger charge is 2.44. The van der Waals surface area contributed by atoms with Crippen molar-refractivity contribution in [3.05, 3.63) is 54.0 Å². The molecule has 2 unspecified atom stereocenters. The van der Waals surface area contributed by atoms with Crippen LogP contribution in [-0.2, 0) is 6.54 Å². The molecule has 0 amide bonds. The van der Waals surface area contributed by atoms with Gasteiger partial charge in [-0.15, -0.1) is 0 Å². The fraction of sp³-hybridized carbons (Fsp3) is 0.520. The van der Waals surface area contributed by atoms with Crippen LogP contribution in [0.5, 0.6) is 0 Å². The summed E-state index contributed by atoms with van der Waals surface area (Å²) in [5, 5.41) is 6.72. The van der Waals surface area contributed by atoms with Crippen molar-refractivity contribution < 1.29 is 4.42 Å². The summed E-state index contributed by atoms with van der Waals surface area (Å²) in [5.74, 6) is 3.48. The van der Waals surface area contributed by atoms with Gasteiger partial charge in [-0.25, -0.2) is 15.0 Å². The lowest BCUT2D eigenvalue weighted by Crippen LogP contribution is -2.42. The van der Waals surface area contributed by atoms with Crippen molar-refractivity contribution >= 4 is 17.6 Å². The average Bonchev–Trinajstić information content (AvgIpc) is 3.62. The van der Waals surface area contributed by atoms with E-state index in [2.05, 4.69) is 48.4 Å². The fourth-order valence-electron chi connectivity index (χ4n) is 5.68. The molecular weight excluding hydrogens is 428 g/mol. The van der Waals surface area contributed by atoms with Gasteiger partial charge >= 0.3 is 0 Å². The van der Waals surface area contributed by atoms with Gasteiger partial charge in [0.15, 0.2) is 6.39 Å². The molecule has 0 radical (unpaired) electrons. The summed E-state index contributed by atoms with van der Waals surface area (Å²) in [6.45, 7) is 7.42. The molecule has 3 aromatic heterocycles. The van der Waals surface area contributed by atoms with Gasteiger partial charge in [-0.2, -0.15) is 4.98 Å². The monoisotopic (exact) mass is 460 g/mol. The van der Waals surface area contributed by atoms with E-state index in [0.29, 0.717) is 12.0 Å². The second-order valence-corrected chi connectivity index (χ2v) is 9.66. The summed E-state index contributed by atoms with van der Waals surface area (Å²) in [5.41, 5.74) is 2.39. The molecule has 34 heavy (non-hydrogen) atoms. The van der Waals surface area contributed by atoms with Gasteiger partial charge in [0.05, 0.1) is 12.2 Å². The minimum absolute atomic E-state index is 0.104. The highest BCUT2D eigenvalue weighted by atomic mass is 16.3. The summed E-state index contributed by atoms with van der Waals surface area (Å²) in [7, 11) is 0. The minimum Gasteiger partial charge on any atom is -0.446 e. The molecule has 0 aromatic carbocycles. The van der Waals surface area contributed by atoms with Crippen LogP contribution in [-0.4, -0.2) is 57.1 Å². The van der Waals surface area contributed by atoms with E-state index in [1.165, 1.54) is 37.6 Å². The van der Waals surface area contributed by atoms with Crippen molar-refractivity contribution in [1.29, 1.82) is 0 Å². The zero-order valence-electron chi connectivity index (χ0n) is 19.7. The third-order valence-electron chi connectivity index (χ3n) is 7.45. The predicted molar refractivity (Wildman–Crippen MR) is 130 cm³/mol. The van der Waals surface area contributed by atoms with E-state index in [0.717, 1.165) is 55.7 Å². The van der Waals surface area contributed by atoms with Crippen LogP contribution in [0.4, 0.5) is 17.6 Å². The Hall–Kier alpha value is -3.04. The Morgan fingerprint density at radius 1 is 1.09 bits per heavy atom. The van der Waals surface area contributed by atoms with Crippen LogP contribution in [0, 0.1) is 0 Å². The van der Waals surface area contributed by atoms with Gasteiger partial charge in [-0.3, -0.25) is 4.90 Å². The number of hydrogen-bond acceptors (Lipinski definition) is 9. The molecule has 1 saturated heterocycles. The SMILES string of the molecule is CC1c2cnc(Nc3ccc(CN4CCNCC4)cn3)nc2N(C2CCCC2)C1c1cnco1. The number of nitrogens with one attached hydrogen (secondary N) is 2. The molecule has 1 aliphatic carbocycles. The zero-order chi connectivity index (χ0) is 22.9. The molecule has 9 nitrogen and oxygen atoms in total. The smallest absolute Gasteiger partial charge is 0.230 e. The average molecular weight is 461 g/mol. The lowest BCUT2D eigenvalue weighted by Gasteiger charge is -2.32. The van der Waals surface area contributed by atoms with E-state index in [1.54, 1.807) is 0 Å². The van der Waals surface area contributed by atoms with Crippen LogP contribution in [0.3, 0.4) is 0 Å². The Labute approximate surface area is 200 Å². The van der Waals surface area contributed by atoms with Gasteiger partial charge in [-0.05, 0) is 24.5 Å². The van der Waals surface area contributed by atoms with Crippen molar-refractivity contribution in [3.63, 3.8) is 0 Å². The molecule has 6 rings (SSSR count). The first-order chi connectivity index (χ1) is 16.8. The summed E-state index contributed by atoms with van der Waals surface area (Å²) < 4.78 is 5.77. The van der Waals surface area contributed by atoms with Crippen molar-refractivity contribution in [1.82, 2.24) is 30.2 Å². The molecule has 2 N–H and O–H groups in total. The van der Waals surface area contributed by atoms with Gasteiger partial charge < -0.3 is 20.0 Å². The Bertz CT molecular complexity index is 1090. The van der Waals surface area contributed by atoms with Crippen molar-refractivity contribution in [2.45, 2.75) is 57.2 Å². The summed E-state index contributed by atoms with van der Waals surface area (Å²) in [4.78, 5) is 23.4. The third kappa shape index (κ3) is 4.14. The quantitative estimate of drug-likeness (QED) is 0.572. The largest absolute Gasteiger partial charge is 0.446 e. The summed E-state index contributed by atoms with van der Waals surface area (Å²) in [6.07, 6.45) is 12.2. The number of aromatic nitrogens is 4. The number of piperazine rings is 1. The molecule has 2 atom stereocenters. The Kier molecular flexibility index (Phi) is 5.88. The molecule has 2 aliphatic heterocycles. The van der Waals surface area contributed by atoms with Gasteiger partial charge in [0.25, 0.3) is 0 Å². The molecule has 9 heteroatoms. The molecule has 3 aliphatic rings. The minimum atomic E-state index is 0.104. The van der Waals surface area contributed by atoms with E-state index in [-0.39, 0.29) is 12.0 Å². The second-order valence-electron chi connectivity index (χ2n) is 9.66. The highest BCUT2D eigenvalue weighted by Crippen LogP contribution is 2.50. The topological polar surface area (TPSA) is 95.2 Å². The summed E-state index contributed by atoms with van der Waals surface area (Å²) in [6, 6.07) is 4.72. The van der Waals surface area contributed by atoms with E-state index >= 15 is 0 Å². The normalized spacial score (nSPS) is 23.4. The molecule has 1 saturated carbocycles. The van der Waals surface area contributed by atoms with Crippen molar-refractivity contribution in [3.8, 4) is 0 Å². The van der Waals surface area contributed by atoms with Crippen LogP contribution in [0.15, 0.2) is 41.5 Å². The molecular formula is C25H32N8O. The first kappa shape index (κ1) is 21.5. The number of rotatable bonds is 6. The van der Waals surface area contributed by atoms with Crippen LogP contribution in [0.25, 0.3) is 0 Å². The molecule has 0 spiro atoms. The lowest BCUT2D eigenvalue weighted by molar-refractivity contribution is 0.233.